The molecule has 0 bridgehead atoms. The summed E-state index contributed by atoms with van der Waals surface area (Å²) >= 11 is 0. The molecule has 110 valence electrons. The van der Waals surface area contributed by atoms with E-state index in [4.69, 9.17) is 16.2 Å². The minimum atomic E-state index is -0.475. The van der Waals surface area contributed by atoms with Crippen molar-refractivity contribution in [1.29, 1.82) is 0 Å². The van der Waals surface area contributed by atoms with E-state index in [2.05, 4.69) is 9.97 Å². The molecule has 0 aliphatic heterocycles. The maximum Gasteiger partial charge on any atom is 0.276 e. The lowest BCUT2D eigenvalue weighted by atomic mass is 10.2. The SMILES string of the molecule is Nc1nc(-c2ccccc2Oc2ccccc2)[nH]c(=O)c1N. The topological polar surface area (TPSA) is 107 Å². The van der Waals surface area contributed by atoms with E-state index >= 15 is 0 Å². The van der Waals surface area contributed by atoms with Crippen LogP contribution in [0.25, 0.3) is 11.4 Å². The van der Waals surface area contributed by atoms with Gasteiger partial charge in [-0.25, -0.2) is 4.98 Å². The van der Waals surface area contributed by atoms with Crippen LogP contribution in [0.5, 0.6) is 11.5 Å². The van der Waals surface area contributed by atoms with Gasteiger partial charge in [0.05, 0.1) is 5.56 Å². The molecule has 6 heteroatoms. The number of rotatable bonds is 3. The Hall–Kier alpha value is -3.28. The molecular formula is C16H14N4O2. The first kappa shape index (κ1) is 13.7. The summed E-state index contributed by atoms with van der Waals surface area (Å²) in [6.07, 6.45) is 0. The van der Waals surface area contributed by atoms with Crippen molar-refractivity contribution in [1.82, 2.24) is 9.97 Å². The summed E-state index contributed by atoms with van der Waals surface area (Å²) in [5.41, 5.74) is 11.2. The number of anilines is 2. The van der Waals surface area contributed by atoms with E-state index in [1.165, 1.54) is 0 Å². The van der Waals surface area contributed by atoms with Gasteiger partial charge in [-0.15, -0.1) is 0 Å². The Morgan fingerprint density at radius 2 is 1.64 bits per heavy atom. The molecule has 3 rings (SSSR count). The van der Waals surface area contributed by atoms with Gasteiger partial charge in [0.15, 0.2) is 5.82 Å². The molecule has 0 aliphatic rings. The van der Waals surface area contributed by atoms with E-state index in [9.17, 15) is 4.79 Å². The van der Waals surface area contributed by atoms with Gasteiger partial charge in [-0.3, -0.25) is 4.79 Å². The molecule has 0 atom stereocenters. The van der Waals surface area contributed by atoms with Crippen molar-refractivity contribution in [2.75, 3.05) is 11.5 Å². The molecule has 0 aliphatic carbocycles. The van der Waals surface area contributed by atoms with Gasteiger partial charge in [0, 0.05) is 0 Å². The summed E-state index contributed by atoms with van der Waals surface area (Å²) < 4.78 is 5.84. The Morgan fingerprint density at radius 1 is 0.955 bits per heavy atom. The summed E-state index contributed by atoms with van der Waals surface area (Å²) in [6, 6.07) is 16.5. The lowest BCUT2D eigenvalue weighted by molar-refractivity contribution is 0.484. The molecule has 22 heavy (non-hydrogen) atoms. The highest BCUT2D eigenvalue weighted by Gasteiger charge is 2.12. The molecule has 6 nitrogen and oxygen atoms in total. The number of aromatic nitrogens is 2. The van der Waals surface area contributed by atoms with Crippen LogP contribution in [0.1, 0.15) is 0 Å². The number of aromatic amines is 1. The first-order valence-electron chi connectivity index (χ1n) is 6.62. The highest BCUT2D eigenvalue weighted by molar-refractivity contribution is 5.68. The number of hydrogen-bond donors (Lipinski definition) is 3. The molecule has 0 fully saturated rings. The lowest BCUT2D eigenvalue weighted by Crippen LogP contribution is -2.17. The standard InChI is InChI=1S/C16H14N4O2/c17-13-14(18)19-15(20-16(13)21)11-8-4-5-9-12(11)22-10-6-2-1-3-7-10/h1-9H,17H2,(H3,18,19,20,21). The Morgan fingerprint density at radius 3 is 2.36 bits per heavy atom. The van der Waals surface area contributed by atoms with Crippen LogP contribution in [0.4, 0.5) is 11.5 Å². The van der Waals surface area contributed by atoms with Crippen LogP contribution in [0.15, 0.2) is 59.4 Å². The van der Waals surface area contributed by atoms with Crippen molar-refractivity contribution < 1.29 is 4.74 Å². The number of H-pyrrole nitrogens is 1. The second-order valence-electron chi connectivity index (χ2n) is 4.62. The van der Waals surface area contributed by atoms with E-state index in [-0.39, 0.29) is 11.5 Å². The zero-order valence-electron chi connectivity index (χ0n) is 11.6. The van der Waals surface area contributed by atoms with E-state index in [1.807, 2.05) is 42.5 Å². The number of ether oxygens (including phenoxy) is 1. The number of nitrogen functional groups attached to an aromatic ring is 2. The number of benzene rings is 2. The highest BCUT2D eigenvalue weighted by Crippen LogP contribution is 2.31. The summed E-state index contributed by atoms with van der Waals surface area (Å²) in [5, 5.41) is 0. The fourth-order valence-electron chi connectivity index (χ4n) is 1.99. The lowest BCUT2D eigenvalue weighted by Gasteiger charge is -2.11. The Balaban J connectivity index is 2.07. The average molecular weight is 294 g/mol. The summed E-state index contributed by atoms with van der Waals surface area (Å²) in [7, 11) is 0. The number of para-hydroxylation sites is 2. The van der Waals surface area contributed by atoms with Crippen LogP contribution in [-0.2, 0) is 0 Å². The third kappa shape index (κ3) is 2.62. The van der Waals surface area contributed by atoms with Crippen LogP contribution >= 0.6 is 0 Å². The Kier molecular flexibility index (Phi) is 3.49. The third-order valence-electron chi connectivity index (χ3n) is 3.10. The zero-order chi connectivity index (χ0) is 15.5. The van der Waals surface area contributed by atoms with Gasteiger partial charge < -0.3 is 21.2 Å². The van der Waals surface area contributed by atoms with Gasteiger partial charge in [-0.1, -0.05) is 30.3 Å². The van der Waals surface area contributed by atoms with Crippen molar-refractivity contribution in [2.24, 2.45) is 0 Å². The van der Waals surface area contributed by atoms with E-state index in [0.29, 0.717) is 22.9 Å². The molecule has 3 aromatic rings. The number of nitrogens with two attached hydrogens (primary N) is 2. The highest BCUT2D eigenvalue weighted by atomic mass is 16.5. The van der Waals surface area contributed by atoms with Gasteiger partial charge in [0.2, 0.25) is 0 Å². The second kappa shape index (κ2) is 5.61. The zero-order valence-corrected chi connectivity index (χ0v) is 11.6. The van der Waals surface area contributed by atoms with Crippen molar-refractivity contribution in [3.63, 3.8) is 0 Å². The third-order valence-corrected chi connectivity index (χ3v) is 3.10. The van der Waals surface area contributed by atoms with Crippen LogP contribution in [0.3, 0.4) is 0 Å². The fourth-order valence-corrected chi connectivity index (χ4v) is 1.99. The Labute approximate surface area is 126 Å². The number of nitrogens with zero attached hydrogens (tertiary/aromatic N) is 1. The fraction of sp³-hybridized carbons (Fsp3) is 0. The summed E-state index contributed by atoms with van der Waals surface area (Å²) in [6.45, 7) is 0. The maximum atomic E-state index is 11.8. The molecule has 1 aromatic heterocycles. The normalized spacial score (nSPS) is 10.4. The first-order chi connectivity index (χ1) is 10.6. The minimum Gasteiger partial charge on any atom is -0.457 e. The molecular weight excluding hydrogens is 280 g/mol. The smallest absolute Gasteiger partial charge is 0.276 e. The number of nitrogens with one attached hydrogen (secondary N) is 1. The van der Waals surface area contributed by atoms with Gasteiger partial charge in [-0.05, 0) is 24.3 Å². The van der Waals surface area contributed by atoms with Gasteiger partial charge in [-0.2, -0.15) is 0 Å². The molecule has 0 spiro atoms. The van der Waals surface area contributed by atoms with Crippen LogP contribution < -0.4 is 21.8 Å². The van der Waals surface area contributed by atoms with Crippen molar-refractivity contribution in [2.45, 2.75) is 0 Å². The second-order valence-corrected chi connectivity index (χ2v) is 4.62. The van der Waals surface area contributed by atoms with E-state index in [1.54, 1.807) is 12.1 Å². The Bertz CT molecular complexity index is 860. The van der Waals surface area contributed by atoms with Crippen molar-refractivity contribution >= 4 is 11.5 Å². The van der Waals surface area contributed by atoms with Crippen LogP contribution in [0.2, 0.25) is 0 Å². The first-order valence-corrected chi connectivity index (χ1v) is 6.62. The largest absolute Gasteiger partial charge is 0.457 e. The van der Waals surface area contributed by atoms with Gasteiger partial charge in [0.25, 0.3) is 5.56 Å². The maximum absolute atomic E-state index is 11.8. The summed E-state index contributed by atoms with van der Waals surface area (Å²) in [4.78, 5) is 18.5. The molecule has 0 saturated heterocycles. The van der Waals surface area contributed by atoms with E-state index in [0.717, 1.165) is 0 Å². The van der Waals surface area contributed by atoms with E-state index < -0.39 is 5.56 Å². The molecule has 0 radical (unpaired) electrons. The molecule has 0 saturated carbocycles. The average Bonchev–Trinajstić information content (AvgIpc) is 2.54. The van der Waals surface area contributed by atoms with Crippen LogP contribution in [-0.4, -0.2) is 9.97 Å². The predicted molar refractivity (Wildman–Crippen MR) is 85.6 cm³/mol. The van der Waals surface area contributed by atoms with Crippen molar-refractivity contribution in [3.8, 4) is 22.9 Å². The monoisotopic (exact) mass is 294 g/mol. The van der Waals surface area contributed by atoms with Crippen molar-refractivity contribution in [3.05, 3.63) is 65.0 Å². The molecule has 0 unspecified atom stereocenters. The quantitative estimate of drug-likeness (QED) is 0.687. The minimum absolute atomic E-state index is 0.00624. The van der Waals surface area contributed by atoms with Gasteiger partial charge >= 0.3 is 0 Å². The molecule has 1 heterocycles. The summed E-state index contributed by atoms with van der Waals surface area (Å²) in [5.74, 6) is 1.54. The van der Waals surface area contributed by atoms with Crippen LogP contribution in [0, 0.1) is 0 Å². The number of hydrogen-bond acceptors (Lipinski definition) is 5. The predicted octanol–water partition coefficient (Wildman–Crippen LogP) is 2.39. The van der Waals surface area contributed by atoms with Gasteiger partial charge in [0.1, 0.15) is 23.0 Å². The molecule has 5 N–H and O–H groups in total. The molecule has 0 amide bonds. The molecule has 2 aromatic carbocycles.